The van der Waals surface area contributed by atoms with E-state index in [0.29, 0.717) is 17.2 Å². The molecule has 0 aliphatic carbocycles. The molecule has 1 amide bonds. The van der Waals surface area contributed by atoms with E-state index in [4.69, 9.17) is 12.2 Å². The Kier molecular flexibility index (Phi) is 4.02. The number of amides is 1. The van der Waals surface area contributed by atoms with Crippen molar-refractivity contribution in [3.05, 3.63) is 10.6 Å². The van der Waals surface area contributed by atoms with Gasteiger partial charge in [-0.3, -0.25) is 14.5 Å². The quantitative estimate of drug-likeness (QED) is 0.756. The van der Waals surface area contributed by atoms with Gasteiger partial charge < -0.3 is 5.32 Å². The molecule has 0 unspecified atom stereocenters. The Labute approximate surface area is 93.9 Å². The minimum Gasteiger partial charge on any atom is -0.354 e. The SMILES string of the molecule is Cc1n[nH]c(=S)n1CC(=O)NCC(C)C. The largest absolute Gasteiger partial charge is 0.354 e. The molecule has 1 aromatic heterocycles. The molecule has 0 bridgehead atoms. The average Bonchev–Trinajstić information content (AvgIpc) is 2.46. The lowest BCUT2D eigenvalue weighted by atomic mass is 10.2. The first-order valence-electron chi connectivity index (χ1n) is 4.89. The predicted molar refractivity (Wildman–Crippen MR) is 60.0 cm³/mol. The van der Waals surface area contributed by atoms with E-state index in [0.717, 1.165) is 5.82 Å². The lowest BCUT2D eigenvalue weighted by molar-refractivity contribution is -0.121. The molecule has 0 saturated carbocycles. The molecule has 5 nitrogen and oxygen atoms in total. The van der Waals surface area contributed by atoms with Crippen molar-refractivity contribution in [1.82, 2.24) is 20.1 Å². The fourth-order valence-electron chi connectivity index (χ4n) is 1.10. The van der Waals surface area contributed by atoms with E-state index in [1.807, 2.05) is 6.92 Å². The second-order valence-electron chi connectivity index (χ2n) is 3.86. The number of hydrogen-bond donors (Lipinski definition) is 2. The second-order valence-corrected chi connectivity index (χ2v) is 4.25. The van der Waals surface area contributed by atoms with Gasteiger partial charge in [-0.25, -0.2) is 0 Å². The zero-order valence-electron chi connectivity index (χ0n) is 9.20. The van der Waals surface area contributed by atoms with E-state index < -0.39 is 0 Å². The van der Waals surface area contributed by atoms with E-state index >= 15 is 0 Å². The highest BCUT2D eigenvalue weighted by atomic mass is 32.1. The van der Waals surface area contributed by atoms with Crippen LogP contribution in [0.25, 0.3) is 0 Å². The highest BCUT2D eigenvalue weighted by Gasteiger charge is 2.07. The van der Waals surface area contributed by atoms with Crippen molar-refractivity contribution in [1.29, 1.82) is 0 Å². The Morgan fingerprint density at radius 1 is 1.67 bits per heavy atom. The molecule has 6 heteroatoms. The Balaban J connectivity index is 2.55. The van der Waals surface area contributed by atoms with E-state index in [-0.39, 0.29) is 12.5 Å². The van der Waals surface area contributed by atoms with Gasteiger partial charge in [-0.15, -0.1) is 0 Å². The van der Waals surface area contributed by atoms with Crippen LogP contribution < -0.4 is 5.32 Å². The average molecular weight is 228 g/mol. The van der Waals surface area contributed by atoms with E-state index in [1.165, 1.54) is 0 Å². The van der Waals surface area contributed by atoms with Gasteiger partial charge in [-0.2, -0.15) is 5.10 Å². The molecule has 1 rings (SSSR count). The summed E-state index contributed by atoms with van der Waals surface area (Å²) in [6.07, 6.45) is 0. The Morgan fingerprint density at radius 3 is 2.80 bits per heavy atom. The lowest BCUT2D eigenvalue weighted by Gasteiger charge is -2.08. The van der Waals surface area contributed by atoms with Crippen LogP contribution in [0.2, 0.25) is 0 Å². The Bertz CT molecular complexity index is 393. The van der Waals surface area contributed by atoms with Crippen LogP contribution >= 0.6 is 12.2 Å². The number of hydrogen-bond acceptors (Lipinski definition) is 3. The topological polar surface area (TPSA) is 62.7 Å². The fraction of sp³-hybridized carbons (Fsp3) is 0.667. The van der Waals surface area contributed by atoms with Crippen LogP contribution in [0, 0.1) is 17.6 Å². The third-order valence-corrected chi connectivity index (χ3v) is 2.27. The summed E-state index contributed by atoms with van der Waals surface area (Å²) in [6, 6.07) is 0. The number of aryl methyl sites for hydroxylation is 1. The normalized spacial score (nSPS) is 10.7. The van der Waals surface area contributed by atoms with Gasteiger partial charge in [-0.1, -0.05) is 13.8 Å². The highest BCUT2D eigenvalue weighted by molar-refractivity contribution is 7.71. The van der Waals surface area contributed by atoms with Gasteiger partial charge in [-0.05, 0) is 25.1 Å². The smallest absolute Gasteiger partial charge is 0.240 e. The summed E-state index contributed by atoms with van der Waals surface area (Å²) in [5.74, 6) is 1.14. The number of H-pyrrole nitrogens is 1. The first kappa shape index (κ1) is 11.9. The van der Waals surface area contributed by atoms with Crippen LogP contribution in [-0.4, -0.2) is 27.2 Å². The molecule has 1 aromatic rings. The summed E-state index contributed by atoms with van der Waals surface area (Å²) in [6.45, 7) is 6.82. The molecule has 2 N–H and O–H groups in total. The molecule has 15 heavy (non-hydrogen) atoms. The lowest BCUT2D eigenvalue weighted by Crippen LogP contribution is -2.30. The van der Waals surface area contributed by atoms with Crippen LogP contribution in [-0.2, 0) is 11.3 Å². The van der Waals surface area contributed by atoms with Gasteiger partial charge >= 0.3 is 0 Å². The Morgan fingerprint density at radius 2 is 2.33 bits per heavy atom. The van der Waals surface area contributed by atoms with Crippen LogP contribution in [0.4, 0.5) is 0 Å². The number of carbonyl (C=O) groups is 1. The summed E-state index contributed by atoms with van der Waals surface area (Å²) >= 11 is 4.99. The van der Waals surface area contributed by atoms with Crippen molar-refractivity contribution in [3.63, 3.8) is 0 Å². The molecule has 0 radical (unpaired) electrons. The number of carbonyl (C=O) groups excluding carboxylic acids is 1. The van der Waals surface area contributed by atoms with E-state index in [9.17, 15) is 4.79 Å². The number of nitrogens with one attached hydrogen (secondary N) is 2. The van der Waals surface area contributed by atoms with Gasteiger partial charge in [0.1, 0.15) is 12.4 Å². The third-order valence-electron chi connectivity index (χ3n) is 1.96. The summed E-state index contributed by atoms with van der Waals surface area (Å²) in [7, 11) is 0. The summed E-state index contributed by atoms with van der Waals surface area (Å²) in [5.41, 5.74) is 0. The summed E-state index contributed by atoms with van der Waals surface area (Å²) in [4.78, 5) is 11.5. The van der Waals surface area contributed by atoms with Gasteiger partial charge in [0, 0.05) is 6.54 Å². The minimum atomic E-state index is -0.0377. The zero-order valence-corrected chi connectivity index (χ0v) is 10.0. The maximum Gasteiger partial charge on any atom is 0.240 e. The van der Waals surface area contributed by atoms with Crippen molar-refractivity contribution >= 4 is 18.1 Å². The Hall–Kier alpha value is -1.17. The van der Waals surface area contributed by atoms with E-state index in [2.05, 4.69) is 29.4 Å². The van der Waals surface area contributed by atoms with E-state index in [1.54, 1.807) is 4.57 Å². The summed E-state index contributed by atoms with van der Waals surface area (Å²) < 4.78 is 2.15. The maximum absolute atomic E-state index is 11.5. The van der Waals surface area contributed by atoms with Crippen LogP contribution in [0.1, 0.15) is 19.7 Å². The first-order valence-corrected chi connectivity index (χ1v) is 5.30. The molecule has 1 heterocycles. The molecule has 84 valence electrons. The van der Waals surface area contributed by atoms with Crippen LogP contribution in [0.3, 0.4) is 0 Å². The molecule has 0 saturated heterocycles. The summed E-state index contributed by atoms with van der Waals surface area (Å²) in [5, 5.41) is 9.40. The minimum absolute atomic E-state index is 0.0377. The fourth-order valence-corrected chi connectivity index (χ4v) is 1.34. The molecule has 0 aliphatic rings. The van der Waals surface area contributed by atoms with Crippen molar-refractivity contribution < 1.29 is 4.79 Å². The monoisotopic (exact) mass is 228 g/mol. The molecule has 0 fully saturated rings. The van der Waals surface area contributed by atoms with Gasteiger partial charge in [0.25, 0.3) is 0 Å². The number of rotatable bonds is 4. The second kappa shape index (κ2) is 5.06. The molecule has 0 aromatic carbocycles. The highest BCUT2D eigenvalue weighted by Crippen LogP contribution is 1.95. The van der Waals surface area contributed by atoms with Crippen molar-refractivity contribution in [2.45, 2.75) is 27.3 Å². The van der Waals surface area contributed by atoms with Crippen molar-refractivity contribution in [3.8, 4) is 0 Å². The van der Waals surface area contributed by atoms with Crippen LogP contribution in [0.15, 0.2) is 0 Å². The first-order chi connectivity index (χ1) is 7.00. The van der Waals surface area contributed by atoms with Crippen LogP contribution in [0.5, 0.6) is 0 Å². The third kappa shape index (κ3) is 3.47. The van der Waals surface area contributed by atoms with Gasteiger partial charge in [0.05, 0.1) is 0 Å². The molecular weight excluding hydrogens is 212 g/mol. The number of aromatic nitrogens is 3. The number of nitrogens with zero attached hydrogens (tertiary/aromatic N) is 2. The standard InChI is InChI=1S/C9H16N4OS/c1-6(2)4-10-8(14)5-13-7(3)11-12-9(13)15/h6H,4-5H2,1-3H3,(H,10,14)(H,12,15). The zero-order chi connectivity index (χ0) is 11.4. The number of aromatic amines is 1. The molecule has 0 atom stereocenters. The molecule has 0 aliphatic heterocycles. The van der Waals surface area contributed by atoms with Crippen molar-refractivity contribution in [2.24, 2.45) is 5.92 Å². The molecular formula is C9H16N4OS. The predicted octanol–water partition coefficient (Wildman–Crippen LogP) is 1.02. The maximum atomic E-state index is 11.5. The molecule has 0 spiro atoms. The van der Waals surface area contributed by atoms with Crippen molar-refractivity contribution in [2.75, 3.05) is 6.54 Å². The van der Waals surface area contributed by atoms with Gasteiger partial charge in [0.2, 0.25) is 5.91 Å². The van der Waals surface area contributed by atoms with Gasteiger partial charge in [0.15, 0.2) is 4.77 Å².